The Kier molecular flexibility index (Phi) is 4.50. The first-order valence-electron chi connectivity index (χ1n) is 8.59. The number of likely N-dealkylation sites (N-methyl/N-ethyl adjacent to an activating group) is 1. The molecule has 25 heavy (non-hydrogen) atoms. The van der Waals surface area contributed by atoms with Gasteiger partial charge in [-0.2, -0.15) is 0 Å². The van der Waals surface area contributed by atoms with Crippen LogP contribution in [0.15, 0.2) is 36.9 Å². The van der Waals surface area contributed by atoms with Gasteiger partial charge in [0.25, 0.3) is 0 Å². The number of piperazine rings is 1. The molecule has 0 unspecified atom stereocenters. The van der Waals surface area contributed by atoms with Crippen LogP contribution in [0.25, 0.3) is 5.70 Å². The molecule has 0 amide bonds. The number of nitrogens with zero attached hydrogens (tertiary/aromatic N) is 6. The Morgan fingerprint density at radius 1 is 1.16 bits per heavy atom. The fourth-order valence-electron chi connectivity index (χ4n) is 3.25. The Hall–Kier alpha value is -2.25. The molecule has 0 bridgehead atoms. The van der Waals surface area contributed by atoms with Crippen molar-refractivity contribution in [3.05, 3.63) is 42.7 Å². The van der Waals surface area contributed by atoms with Gasteiger partial charge < -0.3 is 19.7 Å². The van der Waals surface area contributed by atoms with Crippen molar-refractivity contribution < 1.29 is 0 Å². The van der Waals surface area contributed by atoms with Crippen LogP contribution in [0.3, 0.4) is 0 Å². The van der Waals surface area contributed by atoms with Gasteiger partial charge in [-0.3, -0.25) is 4.42 Å². The van der Waals surface area contributed by atoms with Gasteiger partial charge in [0, 0.05) is 56.5 Å². The summed E-state index contributed by atoms with van der Waals surface area (Å²) >= 11 is 6.15. The van der Waals surface area contributed by atoms with Crippen LogP contribution >= 0.6 is 11.8 Å². The van der Waals surface area contributed by atoms with Gasteiger partial charge >= 0.3 is 0 Å². The van der Waals surface area contributed by atoms with Crippen LogP contribution in [0.1, 0.15) is 12.7 Å². The molecule has 0 saturated carbocycles. The van der Waals surface area contributed by atoms with E-state index in [4.69, 9.17) is 11.8 Å². The number of pyridine rings is 1. The van der Waals surface area contributed by atoms with Crippen molar-refractivity contribution in [3.8, 4) is 0 Å². The van der Waals surface area contributed by atoms with Crippen molar-refractivity contribution in [1.82, 2.24) is 23.9 Å². The van der Waals surface area contributed by atoms with Gasteiger partial charge in [0.2, 0.25) is 0 Å². The van der Waals surface area contributed by atoms with Crippen molar-refractivity contribution in [2.75, 3.05) is 42.9 Å². The fraction of sp³-hybridized carbons (Fsp3) is 0.412. The van der Waals surface area contributed by atoms with Crippen molar-refractivity contribution in [3.63, 3.8) is 0 Å². The first-order chi connectivity index (χ1) is 12.2. The summed E-state index contributed by atoms with van der Waals surface area (Å²) in [5, 5.41) is 3.31. The quantitative estimate of drug-likeness (QED) is 0.845. The molecular formula is C17H22ClN7. The van der Waals surface area contributed by atoms with Gasteiger partial charge in [-0.1, -0.05) is 6.92 Å². The van der Waals surface area contributed by atoms with E-state index in [1.165, 1.54) is 5.69 Å². The molecule has 2 aliphatic rings. The number of rotatable bonds is 4. The number of nitrogens with one attached hydrogen (secondary N) is 1. The molecule has 0 atom stereocenters. The van der Waals surface area contributed by atoms with Crippen LogP contribution in [-0.4, -0.2) is 56.6 Å². The highest BCUT2D eigenvalue weighted by atomic mass is 35.5. The Bertz CT molecular complexity index is 747. The highest BCUT2D eigenvalue weighted by molar-refractivity contribution is 6.14. The predicted octanol–water partition coefficient (Wildman–Crippen LogP) is 2.26. The minimum Gasteiger partial charge on any atom is -0.368 e. The molecule has 2 aliphatic heterocycles. The van der Waals surface area contributed by atoms with Crippen LogP contribution < -0.4 is 10.2 Å². The molecule has 4 rings (SSSR count). The smallest absolute Gasteiger partial charge is 0.159 e. The molecule has 1 saturated heterocycles. The zero-order valence-electron chi connectivity index (χ0n) is 14.3. The van der Waals surface area contributed by atoms with Crippen molar-refractivity contribution in [2.24, 2.45) is 0 Å². The summed E-state index contributed by atoms with van der Waals surface area (Å²) in [5.74, 6) is 1.64. The van der Waals surface area contributed by atoms with E-state index in [1.807, 2.05) is 29.2 Å². The maximum absolute atomic E-state index is 6.15. The molecule has 4 heterocycles. The molecule has 132 valence electrons. The number of fused-ring (bicyclic) bond motifs is 1. The lowest BCUT2D eigenvalue weighted by Gasteiger charge is -2.35. The zero-order valence-corrected chi connectivity index (χ0v) is 15.0. The molecule has 2 aromatic rings. The Balaban J connectivity index is 1.45. The molecule has 0 aromatic carbocycles. The molecule has 1 fully saturated rings. The van der Waals surface area contributed by atoms with Crippen molar-refractivity contribution in [2.45, 2.75) is 13.6 Å². The summed E-state index contributed by atoms with van der Waals surface area (Å²) in [6.07, 6.45) is 7.45. The predicted molar refractivity (Wildman–Crippen MR) is 100 cm³/mol. The van der Waals surface area contributed by atoms with E-state index in [0.29, 0.717) is 6.67 Å². The van der Waals surface area contributed by atoms with Gasteiger partial charge in [0.15, 0.2) is 5.82 Å². The largest absolute Gasteiger partial charge is 0.368 e. The molecule has 0 radical (unpaired) electrons. The fourth-order valence-corrected chi connectivity index (χ4v) is 3.46. The summed E-state index contributed by atoms with van der Waals surface area (Å²) in [6, 6.07) is 4.12. The highest BCUT2D eigenvalue weighted by Crippen LogP contribution is 2.24. The Labute approximate surface area is 152 Å². The van der Waals surface area contributed by atoms with Crippen molar-refractivity contribution in [1.29, 1.82) is 0 Å². The number of hydrogen-bond acceptors (Lipinski definition) is 6. The Morgan fingerprint density at radius 2 is 2.00 bits per heavy atom. The molecular weight excluding hydrogens is 338 g/mol. The second kappa shape index (κ2) is 6.93. The van der Waals surface area contributed by atoms with E-state index in [9.17, 15) is 0 Å². The van der Waals surface area contributed by atoms with Crippen LogP contribution in [0.5, 0.6) is 0 Å². The van der Waals surface area contributed by atoms with E-state index in [0.717, 1.165) is 50.1 Å². The summed E-state index contributed by atoms with van der Waals surface area (Å²) in [6.45, 7) is 8.23. The van der Waals surface area contributed by atoms with Crippen LogP contribution in [0.4, 0.5) is 11.5 Å². The highest BCUT2D eigenvalue weighted by Gasteiger charge is 2.18. The van der Waals surface area contributed by atoms with Gasteiger partial charge in [0.1, 0.15) is 18.2 Å². The maximum Gasteiger partial charge on any atom is 0.159 e. The zero-order chi connectivity index (χ0) is 17.2. The van der Waals surface area contributed by atoms with Crippen LogP contribution in [0.2, 0.25) is 0 Å². The summed E-state index contributed by atoms with van der Waals surface area (Å²) < 4.78 is 3.58. The monoisotopic (exact) mass is 359 g/mol. The number of imidazole rings is 1. The van der Waals surface area contributed by atoms with Crippen LogP contribution in [-0.2, 0) is 6.67 Å². The van der Waals surface area contributed by atoms with E-state index in [2.05, 4.69) is 38.1 Å². The lowest BCUT2D eigenvalue weighted by molar-refractivity contribution is 0.271. The van der Waals surface area contributed by atoms with E-state index in [1.54, 1.807) is 10.6 Å². The number of halogens is 1. The molecule has 0 aliphatic carbocycles. The molecule has 1 N–H and O–H groups in total. The Morgan fingerprint density at radius 3 is 2.72 bits per heavy atom. The molecule has 8 heteroatoms. The number of anilines is 2. The maximum atomic E-state index is 6.15. The summed E-state index contributed by atoms with van der Waals surface area (Å²) in [7, 11) is 0. The second-order valence-electron chi connectivity index (χ2n) is 6.25. The molecule has 7 nitrogen and oxygen atoms in total. The first kappa shape index (κ1) is 16.2. The third-order valence-corrected chi connectivity index (χ3v) is 4.91. The number of hydrogen-bond donors (Lipinski definition) is 1. The van der Waals surface area contributed by atoms with Gasteiger partial charge in [0.05, 0.1) is 11.9 Å². The minimum atomic E-state index is 0.582. The third kappa shape index (κ3) is 3.43. The normalized spacial score (nSPS) is 18.1. The number of aromatic nitrogens is 3. The average Bonchev–Trinajstić information content (AvgIpc) is 3.11. The molecule has 2 aromatic heterocycles. The topological polar surface area (TPSA) is 52.5 Å². The van der Waals surface area contributed by atoms with Gasteiger partial charge in [-0.05, 0) is 18.7 Å². The average molecular weight is 360 g/mol. The third-order valence-electron chi connectivity index (χ3n) is 4.71. The van der Waals surface area contributed by atoms with Gasteiger partial charge in [-0.15, -0.1) is 0 Å². The van der Waals surface area contributed by atoms with E-state index in [-0.39, 0.29) is 0 Å². The van der Waals surface area contributed by atoms with Gasteiger partial charge in [-0.25, -0.2) is 9.97 Å². The van der Waals surface area contributed by atoms with Crippen molar-refractivity contribution >= 4 is 29.0 Å². The minimum absolute atomic E-state index is 0.582. The van der Waals surface area contributed by atoms with Crippen LogP contribution in [0, 0.1) is 0 Å². The standard InChI is InChI=1S/C17H22ClN7/c1-2-22-7-9-23(10-8-22)14-3-4-16(20-11-14)21-15-12-25(18)13-24-6-5-19-17(15)24/h3-6,11-12H,2,7-10,13H2,1H3,(H,20,21). The SMILES string of the molecule is CCN1CCN(c2ccc(NC3=CN(Cl)Cn4ccnc43)nc2)CC1. The summed E-state index contributed by atoms with van der Waals surface area (Å²) in [5.41, 5.74) is 2.00. The lowest BCUT2D eigenvalue weighted by Crippen LogP contribution is -2.46. The first-order valence-corrected chi connectivity index (χ1v) is 8.93. The molecule has 0 spiro atoms. The van der Waals surface area contributed by atoms with E-state index < -0.39 is 0 Å². The lowest BCUT2D eigenvalue weighted by atomic mass is 10.2. The second-order valence-corrected chi connectivity index (χ2v) is 6.69. The van der Waals surface area contributed by atoms with E-state index >= 15 is 0 Å². The summed E-state index contributed by atoms with van der Waals surface area (Å²) in [4.78, 5) is 13.8.